The number of likely N-dealkylation sites (tertiary alicyclic amines) is 1. The van der Waals surface area contributed by atoms with Crippen molar-refractivity contribution >= 4 is 23.5 Å². The zero-order valence-corrected chi connectivity index (χ0v) is 16.8. The fourth-order valence-corrected chi connectivity index (χ4v) is 3.98. The fourth-order valence-electron chi connectivity index (χ4n) is 3.98. The molecule has 170 valence electrons. The number of piperidine rings is 1. The van der Waals surface area contributed by atoms with Crippen molar-refractivity contribution in [1.82, 2.24) is 14.7 Å². The molecule has 0 spiro atoms. The van der Waals surface area contributed by atoms with Gasteiger partial charge in [-0.1, -0.05) is 0 Å². The van der Waals surface area contributed by atoms with Gasteiger partial charge < -0.3 is 21.1 Å². The molecule has 0 bridgehead atoms. The van der Waals surface area contributed by atoms with Crippen LogP contribution in [0.25, 0.3) is 0 Å². The van der Waals surface area contributed by atoms with Crippen molar-refractivity contribution in [3.8, 4) is 6.07 Å². The van der Waals surface area contributed by atoms with E-state index in [1.807, 2.05) is 6.07 Å². The van der Waals surface area contributed by atoms with Crippen molar-refractivity contribution in [1.29, 1.82) is 5.26 Å². The Morgan fingerprint density at radius 1 is 1.31 bits per heavy atom. The molecule has 9 nitrogen and oxygen atoms in total. The van der Waals surface area contributed by atoms with E-state index in [2.05, 4.69) is 10.4 Å². The van der Waals surface area contributed by atoms with Crippen LogP contribution in [0.5, 0.6) is 0 Å². The Hall–Kier alpha value is -3.75. The molecule has 1 aromatic carbocycles. The predicted octanol–water partition coefficient (Wildman–Crippen LogP) is 2.85. The number of amides is 2. The number of anilines is 2. The molecule has 1 aliphatic heterocycles. The number of hydrogen-bond acceptors (Lipinski definition) is 5. The molecule has 0 radical (unpaired) electrons. The van der Waals surface area contributed by atoms with Crippen LogP contribution in [0.3, 0.4) is 0 Å². The molecule has 0 aliphatic carbocycles. The summed E-state index contributed by atoms with van der Waals surface area (Å²) in [6, 6.07) is 5.23. The third kappa shape index (κ3) is 4.46. The Kier molecular flexibility index (Phi) is 6.87. The summed E-state index contributed by atoms with van der Waals surface area (Å²) in [7, 11) is 0. The molecule has 0 saturated carbocycles. The van der Waals surface area contributed by atoms with Gasteiger partial charge in [0.2, 0.25) is 0 Å². The highest BCUT2D eigenvalue weighted by Crippen LogP contribution is 2.37. The third-order valence-electron chi connectivity index (χ3n) is 5.53. The lowest BCUT2D eigenvalue weighted by Gasteiger charge is -2.43. The Balaban J connectivity index is 1.98. The molecule has 3 rings (SSSR count). The standard InChI is InChI=1S/C20H21F3N6O3/c21-7-11(8-22)17-14(9-24)16(5-6-28(17)20(31)32)29-10-15(18(25)30)19(27-29)26-13-3-1-12(23)2-4-13/h1-4,10-11,14,16-17H,5-8H2,(H2,25,30)(H,26,27)(H,31,32). The van der Waals surface area contributed by atoms with Gasteiger partial charge >= 0.3 is 6.09 Å². The maximum absolute atomic E-state index is 13.5. The van der Waals surface area contributed by atoms with Gasteiger partial charge in [0, 0.05) is 24.3 Å². The highest BCUT2D eigenvalue weighted by molar-refractivity contribution is 5.98. The SMILES string of the molecule is N#CC1C(C(CF)CF)N(C(=O)O)CCC1n1cc(C(N)=O)c(Nc2ccc(F)cc2)n1. The molecule has 2 heterocycles. The van der Waals surface area contributed by atoms with Crippen LogP contribution in [0, 0.1) is 29.0 Å². The summed E-state index contributed by atoms with van der Waals surface area (Å²) in [6.45, 7) is -2.36. The number of benzene rings is 1. The smallest absolute Gasteiger partial charge is 0.407 e. The van der Waals surface area contributed by atoms with Crippen molar-refractivity contribution in [3.63, 3.8) is 0 Å². The zero-order chi connectivity index (χ0) is 23.4. The highest BCUT2D eigenvalue weighted by Gasteiger charge is 2.46. The molecule has 2 amide bonds. The van der Waals surface area contributed by atoms with Gasteiger partial charge in [0.05, 0.1) is 37.4 Å². The van der Waals surface area contributed by atoms with E-state index in [4.69, 9.17) is 5.73 Å². The number of alkyl halides is 2. The molecule has 1 fully saturated rings. The summed E-state index contributed by atoms with van der Waals surface area (Å²) in [5.74, 6) is -3.68. The average Bonchev–Trinajstić information content (AvgIpc) is 3.19. The Morgan fingerprint density at radius 2 is 1.97 bits per heavy atom. The first-order valence-corrected chi connectivity index (χ1v) is 9.73. The molecule has 1 aliphatic rings. The van der Waals surface area contributed by atoms with Crippen LogP contribution < -0.4 is 11.1 Å². The molecule has 2 aromatic rings. The molecule has 12 heteroatoms. The fraction of sp³-hybridized carbons (Fsp3) is 0.400. The van der Waals surface area contributed by atoms with Crippen LogP contribution in [-0.4, -0.2) is 57.7 Å². The Bertz CT molecular complexity index is 1020. The van der Waals surface area contributed by atoms with Crippen molar-refractivity contribution in [2.75, 3.05) is 25.2 Å². The molecule has 32 heavy (non-hydrogen) atoms. The van der Waals surface area contributed by atoms with E-state index in [-0.39, 0.29) is 24.3 Å². The lowest BCUT2D eigenvalue weighted by molar-refractivity contribution is 0.0256. The van der Waals surface area contributed by atoms with E-state index in [1.54, 1.807) is 0 Å². The average molecular weight is 450 g/mol. The first kappa shape index (κ1) is 22.9. The zero-order valence-electron chi connectivity index (χ0n) is 16.8. The summed E-state index contributed by atoms with van der Waals surface area (Å²) in [5.41, 5.74) is 5.84. The van der Waals surface area contributed by atoms with E-state index >= 15 is 0 Å². The minimum absolute atomic E-state index is 0.0178. The number of hydrogen-bond donors (Lipinski definition) is 3. The number of halogens is 3. The van der Waals surface area contributed by atoms with Gasteiger partial charge in [0.1, 0.15) is 11.4 Å². The lowest BCUT2D eigenvalue weighted by Crippen LogP contribution is -2.55. The van der Waals surface area contributed by atoms with Gasteiger partial charge in [-0.05, 0) is 30.7 Å². The van der Waals surface area contributed by atoms with E-state index < -0.39 is 55.1 Å². The van der Waals surface area contributed by atoms with E-state index in [0.717, 1.165) is 4.90 Å². The van der Waals surface area contributed by atoms with Gasteiger partial charge in [-0.2, -0.15) is 10.4 Å². The van der Waals surface area contributed by atoms with Crippen LogP contribution in [0.2, 0.25) is 0 Å². The van der Waals surface area contributed by atoms with Crippen molar-refractivity contribution in [3.05, 3.63) is 41.8 Å². The predicted molar refractivity (Wildman–Crippen MR) is 107 cm³/mol. The molecular weight excluding hydrogens is 429 g/mol. The van der Waals surface area contributed by atoms with Crippen LogP contribution >= 0.6 is 0 Å². The second-order valence-electron chi connectivity index (χ2n) is 7.41. The maximum atomic E-state index is 13.5. The molecule has 3 unspecified atom stereocenters. The largest absolute Gasteiger partial charge is 0.465 e. The summed E-state index contributed by atoms with van der Waals surface area (Å²) in [4.78, 5) is 24.4. The minimum Gasteiger partial charge on any atom is -0.465 e. The van der Waals surface area contributed by atoms with Crippen molar-refractivity contribution in [2.24, 2.45) is 17.6 Å². The van der Waals surface area contributed by atoms with Crippen LogP contribution in [0.4, 0.5) is 29.5 Å². The van der Waals surface area contributed by atoms with Crippen LogP contribution in [-0.2, 0) is 0 Å². The summed E-state index contributed by atoms with van der Waals surface area (Å²) < 4.78 is 41.4. The number of nitriles is 1. The number of primary amides is 1. The van der Waals surface area contributed by atoms with Gasteiger partial charge in [-0.25, -0.2) is 9.18 Å². The number of carbonyl (C=O) groups excluding carboxylic acids is 1. The first-order valence-electron chi connectivity index (χ1n) is 9.73. The topological polar surface area (TPSA) is 137 Å². The summed E-state index contributed by atoms with van der Waals surface area (Å²) >= 11 is 0. The Morgan fingerprint density at radius 3 is 2.50 bits per heavy atom. The van der Waals surface area contributed by atoms with Gasteiger partial charge in [-0.15, -0.1) is 0 Å². The monoisotopic (exact) mass is 450 g/mol. The number of nitrogens with zero attached hydrogens (tertiary/aromatic N) is 4. The maximum Gasteiger partial charge on any atom is 0.407 e. The van der Waals surface area contributed by atoms with Crippen LogP contribution in [0.15, 0.2) is 30.5 Å². The first-order chi connectivity index (χ1) is 15.3. The molecule has 4 N–H and O–H groups in total. The Labute approximate surface area is 181 Å². The van der Waals surface area contributed by atoms with E-state index in [9.17, 15) is 33.1 Å². The van der Waals surface area contributed by atoms with Gasteiger partial charge in [0.15, 0.2) is 5.82 Å². The number of carbonyl (C=O) groups is 2. The minimum atomic E-state index is -1.38. The normalized spacial score (nSPS) is 20.7. The number of rotatable bonds is 7. The van der Waals surface area contributed by atoms with Gasteiger partial charge in [-0.3, -0.25) is 18.3 Å². The third-order valence-corrected chi connectivity index (χ3v) is 5.53. The number of carboxylic acid groups (broad SMARTS) is 1. The van der Waals surface area contributed by atoms with Crippen molar-refractivity contribution in [2.45, 2.75) is 18.5 Å². The van der Waals surface area contributed by atoms with Crippen LogP contribution in [0.1, 0.15) is 22.8 Å². The number of aromatic nitrogens is 2. The van der Waals surface area contributed by atoms with Crippen molar-refractivity contribution < 1.29 is 27.9 Å². The lowest BCUT2D eigenvalue weighted by atomic mass is 9.79. The summed E-state index contributed by atoms with van der Waals surface area (Å²) in [6.07, 6.45) is 0.0521. The van der Waals surface area contributed by atoms with E-state index in [1.165, 1.54) is 35.1 Å². The molecular formula is C20H21F3N6O3. The van der Waals surface area contributed by atoms with E-state index in [0.29, 0.717) is 5.69 Å². The molecule has 1 saturated heterocycles. The number of nitrogens with two attached hydrogens (primary N) is 1. The number of nitrogens with one attached hydrogen (secondary N) is 1. The summed E-state index contributed by atoms with van der Waals surface area (Å²) in [5, 5.41) is 26.4. The second kappa shape index (κ2) is 9.59. The highest BCUT2D eigenvalue weighted by atomic mass is 19.1. The second-order valence-corrected chi connectivity index (χ2v) is 7.41. The molecule has 3 atom stereocenters. The quantitative estimate of drug-likeness (QED) is 0.593. The molecule has 1 aromatic heterocycles. The van der Waals surface area contributed by atoms with Gasteiger partial charge in [0.25, 0.3) is 5.91 Å².